The first-order valence-electron chi connectivity index (χ1n) is 4.68. The van der Waals surface area contributed by atoms with Crippen LogP contribution in [0.4, 0.5) is 0 Å². The molecule has 0 saturated carbocycles. The second-order valence-electron chi connectivity index (χ2n) is 3.00. The SMILES string of the molecule is CC[CH2][Ge+]([CH2]CC)[CH2]CC.[Br-]. The third-order valence-electron chi connectivity index (χ3n) is 1.81. The molecule has 0 unspecified atom stereocenters. The Hall–Kier alpha value is 1.02. The Bertz CT molecular complexity index is 52.3. The molecule has 0 nitrogen and oxygen atoms in total. The van der Waals surface area contributed by atoms with E-state index in [2.05, 4.69) is 20.8 Å². The fourth-order valence-electron chi connectivity index (χ4n) is 1.44. The quantitative estimate of drug-likeness (QED) is 0.630. The maximum atomic E-state index is 2.33. The molecule has 0 radical (unpaired) electrons. The average molecular weight is 282 g/mol. The molecule has 0 aromatic carbocycles. The van der Waals surface area contributed by atoms with E-state index in [0.29, 0.717) is 0 Å². The minimum atomic E-state index is -0.486. The van der Waals surface area contributed by atoms with Gasteiger partial charge in [-0.25, -0.2) is 0 Å². The second-order valence-corrected chi connectivity index (χ2v) is 9.29. The fraction of sp³-hybridized carbons (Fsp3) is 1.00. The molecule has 0 amide bonds. The van der Waals surface area contributed by atoms with Crippen molar-refractivity contribution in [3.63, 3.8) is 0 Å². The topological polar surface area (TPSA) is 0 Å². The molecule has 0 aliphatic carbocycles. The summed E-state index contributed by atoms with van der Waals surface area (Å²) in [5.74, 6) is 0. The van der Waals surface area contributed by atoms with Crippen molar-refractivity contribution in [1.82, 2.24) is 0 Å². The summed E-state index contributed by atoms with van der Waals surface area (Å²) in [6, 6.07) is 0. The van der Waals surface area contributed by atoms with E-state index in [4.69, 9.17) is 0 Å². The molecular weight excluding hydrogens is 261 g/mol. The third kappa shape index (κ3) is 8.93. The van der Waals surface area contributed by atoms with Crippen molar-refractivity contribution in [3.05, 3.63) is 0 Å². The van der Waals surface area contributed by atoms with Crippen molar-refractivity contribution in [2.75, 3.05) is 0 Å². The van der Waals surface area contributed by atoms with Crippen LogP contribution in [0.2, 0.25) is 15.8 Å². The Morgan fingerprint density at radius 1 is 0.727 bits per heavy atom. The molecule has 11 heavy (non-hydrogen) atoms. The zero-order valence-electron chi connectivity index (χ0n) is 8.12. The van der Waals surface area contributed by atoms with Crippen LogP contribution >= 0.6 is 0 Å². The molecule has 0 aromatic heterocycles. The van der Waals surface area contributed by atoms with Crippen LogP contribution in [0, 0.1) is 0 Å². The summed E-state index contributed by atoms with van der Waals surface area (Å²) in [5, 5.41) is 4.84. The van der Waals surface area contributed by atoms with Gasteiger partial charge < -0.3 is 17.0 Å². The van der Waals surface area contributed by atoms with E-state index in [9.17, 15) is 0 Å². The standard InChI is InChI=1S/C9H21Ge.BrH/c1-4-7-10(8-5-2)9-6-3;/h4-9H2,1-3H3;1H/q+1;/p-1. The van der Waals surface area contributed by atoms with E-state index >= 15 is 0 Å². The minimum absolute atomic E-state index is 0. The Morgan fingerprint density at radius 2 is 1.00 bits per heavy atom. The van der Waals surface area contributed by atoms with Crippen LogP contribution in [0.5, 0.6) is 0 Å². The van der Waals surface area contributed by atoms with Gasteiger partial charge in [-0.2, -0.15) is 0 Å². The number of hydrogen-bond acceptors (Lipinski definition) is 0. The molecule has 2 heteroatoms. The molecule has 0 aliphatic rings. The second kappa shape index (κ2) is 11.0. The molecule has 0 N–H and O–H groups in total. The number of hydrogen-bond donors (Lipinski definition) is 0. The van der Waals surface area contributed by atoms with Crippen LogP contribution in [-0.2, 0) is 0 Å². The number of rotatable bonds is 6. The third-order valence-corrected chi connectivity index (χ3v) is 9.41. The normalized spacial score (nSPS) is 9.00. The fourth-order valence-corrected chi connectivity index (χ4v) is 7.46. The van der Waals surface area contributed by atoms with Crippen LogP contribution in [0.3, 0.4) is 0 Å². The zero-order chi connectivity index (χ0) is 7.82. The largest absolute Gasteiger partial charge is 1.00 e. The van der Waals surface area contributed by atoms with E-state index in [1.807, 2.05) is 0 Å². The van der Waals surface area contributed by atoms with Crippen LogP contribution in [0.15, 0.2) is 0 Å². The maximum absolute atomic E-state index is 2.33. The Labute approximate surface area is 87.0 Å². The predicted octanol–water partition coefficient (Wildman–Crippen LogP) is 0.715. The van der Waals surface area contributed by atoms with E-state index in [-0.39, 0.29) is 17.0 Å². The van der Waals surface area contributed by atoms with Crippen LogP contribution in [-0.4, -0.2) is 14.3 Å². The van der Waals surface area contributed by atoms with Gasteiger partial charge in [0, 0.05) is 0 Å². The van der Waals surface area contributed by atoms with Gasteiger partial charge in [-0.3, -0.25) is 0 Å². The van der Waals surface area contributed by atoms with Crippen molar-refractivity contribution in [3.8, 4) is 0 Å². The molecule has 0 bridgehead atoms. The first kappa shape index (κ1) is 14.5. The van der Waals surface area contributed by atoms with Crippen LogP contribution < -0.4 is 17.0 Å². The first-order chi connectivity index (χ1) is 4.85. The monoisotopic (exact) mass is 282 g/mol. The summed E-state index contributed by atoms with van der Waals surface area (Å²) in [7, 11) is 0. The summed E-state index contributed by atoms with van der Waals surface area (Å²) < 4.78 is 0. The van der Waals surface area contributed by atoms with Gasteiger partial charge in [0.2, 0.25) is 0 Å². The first-order valence-corrected chi connectivity index (χ1v) is 9.13. The molecule has 0 atom stereocenters. The van der Waals surface area contributed by atoms with Crippen molar-refractivity contribution >= 4 is 14.3 Å². The Kier molecular flexibility index (Phi) is 14.6. The molecular formula is C9H21BrGe. The molecule has 0 saturated heterocycles. The van der Waals surface area contributed by atoms with Gasteiger partial charge in [0.15, 0.2) is 0 Å². The molecule has 0 aromatic rings. The molecule has 0 rings (SSSR count). The van der Waals surface area contributed by atoms with Gasteiger partial charge in [0.05, 0.1) is 0 Å². The Balaban J connectivity index is 0. The summed E-state index contributed by atoms with van der Waals surface area (Å²) in [5.41, 5.74) is 0. The van der Waals surface area contributed by atoms with Gasteiger partial charge in [-0.05, 0) is 0 Å². The van der Waals surface area contributed by atoms with Gasteiger partial charge in [-0.15, -0.1) is 0 Å². The van der Waals surface area contributed by atoms with E-state index in [1.54, 1.807) is 15.8 Å². The van der Waals surface area contributed by atoms with Crippen molar-refractivity contribution in [2.45, 2.75) is 55.8 Å². The summed E-state index contributed by atoms with van der Waals surface area (Å²) in [6.07, 6.45) is 4.32. The van der Waals surface area contributed by atoms with E-state index < -0.39 is 14.3 Å². The van der Waals surface area contributed by atoms with E-state index in [0.717, 1.165) is 0 Å². The Morgan fingerprint density at radius 3 is 1.18 bits per heavy atom. The van der Waals surface area contributed by atoms with Crippen LogP contribution in [0.1, 0.15) is 40.0 Å². The molecule has 68 valence electrons. The molecule has 0 fully saturated rings. The van der Waals surface area contributed by atoms with Gasteiger partial charge in [0.1, 0.15) is 0 Å². The van der Waals surface area contributed by atoms with Crippen molar-refractivity contribution in [2.24, 2.45) is 0 Å². The molecule has 0 aliphatic heterocycles. The predicted molar refractivity (Wildman–Crippen MR) is 51.0 cm³/mol. The maximum Gasteiger partial charge on any atom is -1.00 e. The van der Waals surface area contributed by atoms with Gasteiger partial charge >= 0.3 is 70.1 Å². The van der Waals surface area contributed by atoms with Gasteiger partial charge in [-0.1, -0.05) is 0 Å². The summed E-state index contributed by atoms with van der Waals surface area (Å²) >= 11 is -0.486. The van der Waals surface area contributed by atoms with Crippen molar-refractivity contribution < 1.29 is 17.0 Å². The minimum Gasteiger partial charge on any atom is -1.00 e. The summed E-state index contributed by atoms with van der Waals surface area (Å²) in [6.45, 7) is 6.99. The van der Waals surface area contributed by atoms with Crippen LogP contribution in [0.25, 0.3) is 0 Å². The summed E-state index contributed by atoms with van der Waals surface area (Å²) in [4.78, 5) is 0. The smallest absolute Gasteiger partial charge is 1.00 e. The molecule has 0 spiro atoms. The number of halogens is 1. The average Bonchev–Trinajstić information content (AvgIpc) is 1.90. The molecule has 0 heterocycles. The van der Waals surface area contributed by atoms with E-state index in [1.165, 1.54) is 19.3 Å². The van der Waals surface area contributed by atoms with Crippen molar-refractivity contribution in [1.29, 1.82) is 0 Å². The van der Waals surface area contributed by atoms with Gasteiger partial charge in [0.25, 0.3) is 0 Å². The zero-order valence-corrected chi connectivity index (χ0v) is 11.8.